The first-order chi connectivity index (χ1) is 12.8. The maximum Gasteiger partial charge on any atom is 0.239 e. The van der Waals surface area contributed by atoms with Crippen LogP contribution >= 0.6 is 0 Å². The van der Waals surface area contributed by atoms with Gasteiger partial charge in [0.05, 0.1) is 17.2 Å². The summed E-state index contributed by atoms with van der Waals surface area (Å²) >= 11 is 0. The fourth-order valence-electron chi connectivity index (χ4n) is 3.05. The first kappa shape index (κ1) is 16.4. The summed E-state index contributed by atoms with van der Waals surface area (Å²) in [4.78, 5) is 27.8. The summed E-state index contributed by atoms with van der Waals surface area (Å²) in [6.07, 6.45) is 5.25. The number of para-hydroxylation sites is 2. The van der Waals surface area contributed by atoms with Gasteiger partial charge in [0.2, 0.25) is 5.91 Å². The van der Waals surface area contributed by atoms with Crippen LogP contribution in [0.4, 0.5) is 5.82 Å². The Bertz CT molecular complexity index is 901. The van der Waals surface area contributed by atoms with Gasteiger partial charge in [0.15, 0.2) is 0 Å². The Morgan fingerprint density at radius 2 is 2.08 bits per heavy atom. The molecule has 1 fully saturated rings. The van der Waals surface area contributed by atoms with Crippen LogP contribution in [0, 0.1) is 0 Å². The molecule has 132 valence electrons. The molecule has 2 N–H and O–H groups in total. The van der Waals surface area contributed by atoms with Crippen LogP contribution in [0.3, 0.4) is 0 Å². The predicted octanol–water partition coefficient (Wildman–Crippen LogP) is 1.12. The number of carbonyl (C=O) groups excluding carboxylic acids is 1. The number of nitrogens with one attached hydrogen (secondary N) is 2. The molecule has 26 heavy (non-hydrogen) atoms. The molecule has 1 amide bonds. The highest BCUT2D eigenvalue weighted by molar-refractivity contribution is 5.83. The number of carbonyl (C=O) groups is 1. The fourth-order valence-corrected chi connectivity index (χ4v) is 3.05. The van der Waals surface area contributed by atoms with Crippen LogP contribution in [0.25, 0.3) is 11.0 Å². The van der Waals surface area contributed by atoms with Gasteiger partial charge in [0.1, 0.15) is 11.9 Å². The molecule has 1 saturated heterocycles. The molecule has 0 aliphatic carbocycles. The maximum atomic E-state index is 12.5. The standard InChI is InChI=1S/C19H20N6O/c26-19(23-11-14-4-3-7-20-10-14)17-13-25(9-8-21-17)18-12-22-15-5-1-2-6-16(15)24-18/h1-7,10,12,17,21H,8-9,11,13H2,(H,23,26)/t17-/m0/s1. The van der Waals surface area contributed by atoms with Crippen LogP contribution in [0.2, 0.25) is 0 Å². The van der Waals surface area contributed by atoms with Gasteiger partial charge < -0.3 is 15.5 Å². The molecule has 1 aliphatic rings. The first-order valence-electron chi connectivity index (χ1n) is 8.66. The summed E-state index contributed by atoms with van der Waals surface area (Å²) < 4.78 is 0. The summed E-state index contributed by atoms with van der Waals surface area (Å²) in [5.41, 5.74) is 2.71. The zero-order chi connectivity index (χ0) is 17.8. The van der Waals surface area contributed by atoms with Gasteiger partial charge in [-0.15, -0.1) is 0 Å². The van der Waals surface area contributed by atoms with E-state index in [9.17, 15) is 4.79 Å². The molecule has 0 spiro atoms. The number of benzene rings is 1. The highest BCUT2D eigenvalue weighted by Gasteiger charge is 2.26. The topological polar surface area (TPSA) is 83.0 Å². The SMILES string of the molecule is O=C(NCc1cccnc1)[C@@H]1CN(c2cnc3ccccc3n2)CCN1. The van der Waals surface area contributed by atoms with E-state index < -0.39 is 0 Å². The Balaban J connectivity index is 1.42. The predicted molar refractivity (Wildman–Crippen MR) is 99.6 cm³/mol. The van der Waals surface area contributed by atoms with E-state index in [-0.39, 0.29) is 11.9 Å². The Morgan fingerprint density at radius 1 is 1.19 bits per heavy atom. The van der Waals surface area contributed by atoms with E-state index in [0.29, 0.717) is 13.1 Å². The number of hydrogen-bond acceptors (Lipinski definition) is 6. The number of nitrogens with zero attached hydrogens (tertiary/aromatic N) is 4. The molecule has 1 aromatic carbocycles. The monoisotopic (exact) mass is 348 g/mol. The number of amides is 1. The minimum atomic E-state index is -0.284. The fraction of sp³-hybridized carbons (Fsp3) is 0.263. The summed E-state index contributed by atoms with van der Waals surface area (Å²) in [5.74, 6) is 0.780. The highest BCUT2D eigenvalue weighted by Crippen LogP contribution is 2.16. The Morgan fingerprint density at radius 3 is 2.92 bits per heavy atom. The van der Waals surface area contributed by atoms with Gasteiger partial charge in [0.25, 0.3) is 0 Å². The molecule has 0 unspecified atom stereocenters. The van der Waals surface area contributed by atoms with Crippen LogP contribution in [-0.4, -0.2) is 46.5 Å². The first-order valence-corrected chi connectivity index (χ1v) is 8.66. The average molecular weight is 348 g/mol. The number of rotatable bonds is 4. The summed E-state index contributed by atoms with van der Waals surface area (Å²) in [5, 5.41) is 6.24. The van der Waals surface area contributed by atoms with Crippen molar-refractivity contribution >= 4 is 22.8 Å². The van der Waals surface area contributed by atoms with Gasteiger partial charge in [-0.25, -0.2) is 4.98 Å². The van der Waals surface area contributed by atoms with Gasteiger partial charge in [-0.05, 0) is 23.8 Å². The quantitative estimate of drug-likeness (QED) is 0.735. The molecule has 3 aromatic rings. The zero-order valence-electron chi connectivity index (χ0n) is 14.3. The summed E-state index contributed by atoms with van der Waals surface area (Å²) in [6.45, 7) is 2.55. The molecular formula is C19H20N6O. The number of piperazine rings is 1. The van der Waals surface area contributed by atoms with Crippen LogP contribution in [0.5, 0.6) is 0 Å². The van der Waals surface area contributed by atoms with Crippen molar-refractivity contribution in [3.8, 4) is 0 Å². The lowest BCUT2D eigenvalue weighted by Gasteiger charge is -2.33. The van der Waals surface area contributed by atoms with Crippen LogP contribution in [-0.2, 0) is 11.3 Å². The lowest BCUT2D eigenvalue weighted by Crippen LogP contribution is -2.57. The third-order valence-electron chi connectivity index (χ3n) is 4.44. The van der Waals surface area contributed by atoms with Crippen LogP contribution in [0.1, 0.15) is 5.56 Å². The maximum absolute atomic E-state index is 12.5. The number of hydrogen-bond donors (Lipinski definition) is 2. The van der Waals surface area contributed by atoms with Crippen molar-refractivity contribution in [3.05, 3.63) is 60.6 Å². The number of fused-ring (bicyclic) bond motifs is 1. The highest BCUT2D eigenvalue weighted by atomic mass is 16.2. The Labute approximate surface area is 151 Å². The van der Waals surface area contributed by atoms with Crippen molar-refractivity contribution in [3.63, 3.8) is 0 Å². The van der Waals surface area contributed by atoms with Crippen molar-refractivity contribution in [2.45, 2.75) is 12.6 Å². The normalized spacial score (nSPS) is 17.2. The second kappa shape index (κ2) is 7.45. The largest absolute Gasteiger partial charge is 0.352 e. The summed E-state index contributed by atoms with van der Waals surface area (Å²) in [6, 6.07) is 11.3. The Hall–Kier alpha value is -3.06. The van der Waals surface area contributed by atoms with Gasteiger partial charge in [-0.1, -0.05) is 18.2 Å². The number of pyridine rings is 1. The third-order valence-corrected chi connectivity index (χ3v) is 4.44. The smallest absolute Gasteiger partial charge is 0.239 e. The number of anilines is 1. The molecule has 1 aliphatic heterocycles. The molecule has 3 heterocycles. The van der Waals surface area contributed by atoms with E-state index in [1.807, 2.05) is 36.4 Å². The zero-order valence-corrected chi connectivity index (χ0v) is 14.3. The molecule has 1 atom stereocenters. The molecule has 2 aromatic heterocycles. The van der Waals surface area contributed by atoms with E-state index >= 15 is 0 Å². The molecule has 7 heteroatoms. The average Bonchev–Trinajstić information content (AvgIpc) is 2.72. The third kappa shape index (κ3) is 3.62. The van der Waals surface area contributed by atoms with E-state index in [1.165, 1.54) is 0 Å². The van der Waals surface area contributed by atoms with E-state index in [4.69, 9.17) is 0 Å². The van der Waals surface area contributed by atoms with Crippen molar-refractivity contribution in [2.75, 3.05) is 24.5 Å². The van der Waals surface area contributed by atoms with Gasteiger partial charge in [-0.2, -0.15) is 0 Å². The van der Waals surface area contributed by atoms with Gasteiger partial charge in [0, 0.05) is 38.6 Å². The molecular weight excluding hydrogens is 328 g/mol. The van der Waals surface area contributed by atoms with Crippen molar-refractivity contribution in [1.29, 1.82) is 0 Å². The van der Waals surface area contributed by atoms with E-state index in [0.717, 1.165) is 35.5 Å². The van der Waals surface area contributed by atoms with E-state index in [1.54, 1.807) is 18.6 Å². The van der Waals surface area contributed by atoms with Crippen molar-refractivity contribution in [2.24, 2.45) is 0 Å². The van der Waals surface area contributed by atoms with E-state index in [2.05, 4.69) is 30.5 Å². The summed E-state index contributed by atoms with van der Waals surface area (Å²) in [7, 11) is 0. The molecule has 0 saturated carbocycles. The van der Waals surface area contributed by atoms with Gasteiger partial charge >= 0.3 is 0 Å². The Kier molecular flexibility index (Phi) is 4.70. The molecule has 0 radical (unpaired) electrons. The van der Waals surface area contributed by atoms with Crippen LogP contribution < -0.4 is 15.5 Å². The van der Waals surface area contributed by atoms with Crippen molar-refractivity contribution in [1.82, 2.24) is 25.6 Å². The minimum Gasteiger partial charge on any atom is -0.352 e. The molecule has 0 bridgehead atoms. The lowest BCUT2D eigenvalue weighted by atomic mass is 10.2. The minimum absolute atomic E-state index is 0.0210. The van der Waals surface area contributed by atoms with Crippen LogP contribution in [0.15, 0.2) is 55.0 Å². The lowest BCUT2D eigenvalue weighted by molar-refractivity contribution is -0.123. The second-order valence-corrected chi connectivity index (χ2v) is 6.25. The molecule has 4 rings (SSSR count). The molecule has 7 nitrogen and oxygen atoms in total. The second-order valence-electron chi connectivity index (χ2n) is 6.25. The number of aromatic nitrogens is 3. The van der Waals surface area contributed by atoms with Gasteiger partial charge in [-0.3, -0.25) is 14.8 Å². The van der Waals surface area contributed by atoms with Crippen molar-refractivity contribution < 1.29 is 4.79 Å².